The molecular weight excluding hydrogens is 474 g/mol. The molecule has 32 heavy (non-hydrogen) atoms. The van der Waals surface area contributed by atoms with Crippen LogP contribution in [-0.2, 0) is 5.41 Å². The van der Waals surface area contributed by atoms with Crippen LogP contribution in [0.4, 0.5) is 0 Å². The Morgan fingerprint density at radius 1 is 1.16 bits per heavy atom. The first-order chi connectivity index (χ1) is 15.2. The second-order valence-corrected chi connectivity index (χ2v) is 8.98. The number of nitrogens with zero attached hydrogens (tertiary/aromatic N) is 3. The molecule has 0 N–H and O–H groups in total. The van der Waals surface area contributed by atoms with Crippen LogP contribution in [0, 0.1) is 0 Å². The Labute approximate surface area is 195 Å². The molecule has 0 radical (unpaired) electrons. The van der Waals surface area contributed by atoms with Crippen LogP contribution in [0.5, 0.6) is 17.2 Å². The second kappa shape index (κ2) is 9.56. The summed E-state index contributed by atoms with van der Waals surface area (Å²) in [5.74, 6) is 1.99. The molecule has 0 aliphatic rings. The highest BCUT2D eigenvalue weighted by molar-refractivity contribution is 9.10. The summed E-state index contributed by atoms with van der Waals surface area (Å²) in [6.45, 7) is 9.94. The molecule has 0 saturated heterocycles. The Kier molecular flexibility index (Phi) is 7.03. The van der Waals surface area contributed by atoms with Gasteiger partial charge in [-0.25, -0.2) is 4.98 Å². The van der Waals surface area contributed by atoms with Crippen LogP contribution in [0.2, 0.25) is 0 Å². The number of rotatable bonds is 7. The maximum absolute atomic E-state index is 13.3. The van der Waals surface area contributed by atoms with Crippen molar-refractivity contribution in [2.75, 3.05) is 20.8 Å². The molecule has 3 aromatic rings. The first-order valence-corrected chi connectivity index (χ1v) is 10.8. The Hall–Kier alpha value is -3.13. The highest BCUT2D eigenvalue weighted by Gasteiger charge is 2.23. The van der Waals surface area contributed by atoms with Gasteiger partial charge >= 0.3 is 0 Å². The minimum absolute atomic E-state index is 0.248. The summed E-state index contributed by atoms with van der Waals surface area (Å²) < 4.78 is 18.7. The molecule has 7 nitrogen and oxygen atoms in total. The fourth-order valence-corrected chi connectivity index (χ4v) is 3.49. The van der Waals surface area contributed by atoms with Crippen molar-refractivity contribution < 1.29 is 14.2 Å². The molecule has 1 aromatic heterocycles. The summed E-state index contributed by atoms with van der Waals surface area (Å²) >= 11 is 3.42. The van der Waals surface area contributed by atoms with Crippen molar-refractivity contribution in [2.45, 2.75) is 26.2 Å². The number of halogens is 1. The van der Waals surface area contributed by atoms with Gasteiger partial charge in [0.25, 0.3) is 5.56 Å². The molecule has 3 rings (SSSR count). The van der Waals surface area contributed by atoms with Crippen LogP contribution in [0.25, 0.3) is 10.9 Å². The molecule has 2 aromatic carbocycles. The number of fused-ring (bicyclic) bond motifs is 1. The number of benzene rings is 2. The first kappa shape index (κ1) is 23.5. The lowest BCUT2D eigenvalue weighted by atomic mass is 9.95. The molecule has 0 amide bonds. The number of hydrogen-bond acceptors (Lipinski definition) is 6. The molecule has 0 atom stereocenters. The minimum atomic E-state index is -0.407. The van der Waals surface area contributed by atoms with E-state index >= 15 is 0 Å². The summed E-state index contributed by atoms with van der Waals surface area (Å²) in [6, 6.07) is 8.96. The van der Waals surface area contributed by atoms with Crippen LogP contribution in [0.1, 0.15) is 32.2 Å². The fourth-order valence-electron chi connectivity index (χ4n) is 3.12. The van der Waals surface area contributed by atoms with Crippen LogP contribution in [-0.4, -0.2) is 36.7 Å². The predicted octanol–water partition coefficient (Wildman–Crippen LogP) is 4.92. The molecule has 8 heteroatoms. The van der Waals surface area contributed by atoms with E-state index in [-0.39, 0.29) is 5.56 Å². The van der Waals surface area contributed by atoms with E-state index in [1.165, 1.54) is 4.68 Å². The van der Waals surface area contributed by atoms with Gasteiger partial charge in [-0.15, -0.1) is 0 Å². The van der Waals surface area contributed by atoms with E-state index in [2.05, 4.69) is 27.6 Å². The third kappa shape index (κ3) is 4.85. The van der Waals surface area contributed by atoms with Gasteiger partial charge in [0, 0.05) is 15.5 Å². The van der Waals surface area contributed by atoms with Crippen LogP contribution in [0.15, 0.2) is 57.4 Å². The molecule has 0 aliphatic heterocycles. The van der Waals surface area contributed by atoms with E-state index in [1.54, 1.807) is 44.7 Å². The molecule has 168 valence electrons. The average molecular weight is 500 g/mol. The van der Waals surface area contributed by atoms with Gasteiger partial charge in [0.1, 0.15) is 12.4 Å². The standard InChI is InChI=1S/C24H26BrN3O4/c1-7-10-32-21-19(30-5)11-15(12-20(21)31-6)14-26-28-22(29)17-13-16(25)8-9-18(17)27-23(28)24(2,3)4/h7-9,11-14H,1,10H2,2-6H3. The van der Waals surface area contributed by atoms with E-state index in [9.17, 15) is 4.79 Å². The molecule has 1 heterocycles. The number of methoxy groups -OCH3 is 2. The zero-order chi connectivity index (χ0) is 23.5. The lowest BCUT2D eigenvalue weighted by molar-refractivity contribution is 0.301. The topological polar surface area (TPSA) is 74.9 Å². The normalized spacial score (nSPS) is 11.7. The molecule has 0 fully saturated rings. The second-order valence-electron chi connectivity index (χ2n) is 8.06. The summed E-state index contributed by atoms with van der Waals surface area (Å²) in [4.78, 5) is 18.0. The highest BCUT2D eigenvalue weighted by Crippen LogP contribution is 2.38. The summed E-state index contributed by atoms with van der Waals surface area (Å²) in [7, 11) is 3.09. The van der Waals surface area contributed by atoms with Crippen molar-refractivity contribution in [3.8, 4) is 17.2 Å². The fraction of sp³-hybridized carbons (Fsp3) is 0.292. The monoisotopic (exact) mass is 499 g/mol. The first-order valence-electron chi connectivity index (χ1n) is 9.96. The molecule has 0 bridgehead atoms. The third-order valence-corrected chi connectivity index (χ3v) is 5.12. The average Bonchev–Trinajstić information content (AvgIpc) is 2.76. The highest BCUT2D eigenvalue weighted by atomic mass is 79.9. The molecule has 0 aliphatic carbocycles. The minimum Gasteiger partial charge on any atom is -0.493 e. The number of aromatic nitrogens is 2. The van der Waals surface area contributed by atoms with E-state index in [4.69, 9.17) is 19.2 Å². The van der Waals surface area contributed by atoms with Crippen molar-refractivity contribution in [1.29, 1.82) is 0 Å². The van der Waals surface area contributed by atoms with Crippen molar-refractivity contribution in [2.24, 2.45) is 5.10 Å². The zero-order valence-electron chi connectivity index (χ0n) is 18.8. The van der Waals surface area contributed by atoms with E-state index in [0.29, 0.717) is 46.1 Å². The van der Waals surface area contributed by atoms with E-state index < -0.39 is 5.41 Å². The largest absolute Gasteiger partial charge is 0.493 e. The summed E-state index contributed by atoms with van der Waals surface area (Å²) in [6.07, 6.45) is 3.21. The third-order valence-electron chi connectivity index (χ3n) is 4.63. The van der Waals surface area contributed by atoms with Gasteiger partial charge in [-0.2, -0.15) is 9.78 Å². The van der Waals surface area contributed by atoms with Gasteiger partial charge in [-0.3, -0.25) is 4.79 Å². The van der Waals surface area contributed by atoms with Gasteiger partial charge in [-0.05, 0) is 30.3 Å². The van der Waals surface area contributed by atoms with Gasteiger partial charge < -0.3 is 14.2 Å². The van der Waals surface area contributed by atoms with Gasteiger partial charge in [0.15, 0.2) is 11.5 Å². The lowest BCUT2D eigenvalue weighted by Gasteiger charge is -2.21. The Bertz CT molecular complexity index is 1220. The van der Waals surface area contributed by atoms with Gasteiger partial charge in [-0.1, -0.05) is 49.4 Å². The molecular formula is C24H26BrN3O4. The quantitative estimate of drug-likeness (QED) is 0.340. The van der Waals surface area contributed by atoms with E-state index in [1.807, 2.05) is 32.9 Å². The van der Waals surface area contributed by atoms with Crippen LogP contribution in [0.3, 0.4) is 0 Å². The molecule has 0 unspecified atom stereocenters. The van der Waals surface area contributed by atoms with Crippen molar-refractivity contribution in [3.63, 3.8) is 0 Å². The SMILES string of the molecule is C=CCOc1c(OC)cc(C=Nn2c(C(C)(C)C)nc3ccc(Br)cc3c2=O)cc1OC. The smallest absolute Gasteiger partial charge is 0.282 e. The van der Waals surface area contributed by atoms with Crippen molar-refractivity contribution in [1.82, 2.24) is 9.66 Å². The van der Waals surface area contributed by atoms with Gasteiger partial charge in [0.05, 0.1) is 31.3 Å². The van der Waals surface area contributed by atoms with E-state index in [0.717, 1.165) is 4.47 Å². The zero-order valence-corrected chi connectivity index (χ0v) is 20.4. The summed E-state index contributed by atoms with van der Waals surface area (Å²) in [5, 5.41) is 4.98. The number of hydrogen-bond donors (Lipinski definition) is 0. The lowest BCUT2D eigenvalue weighted by Crippen LogP contribution is -2.29. The van der Waals surface area contributed by atoms with Crippen molar-refractivity contribution >= 4 is 33.0 Å². The number of ether oxygens (including phenoxy) is 3. The Balaban J connectivity index is 2.16. The molecule has 0 saturated carbocycles. The van der Waals surface area contributed by atoms with Gasteiger partial charge in [0.2, 0.25) is 5.75 Å². The van der Waals surface area contributed by atoms with Crippen molar-refractivity contribution in [3.05, 3.63) is 69.2 Å². The molecule has 0 spiro atoms. The van der Waals surface area contributed by atoms with Crippen LogP contribution >= 0.6 is 15.9 Å². The predicted molar refractivity (Wildman–Crippen MR) is 131 cm³/mol. The summed E-state index contributed by atoms with van der Waals surface area (Å²) in [5.41, 5.74) is 0.643. The van der Waals surface area contributed by atoms with Crippen LogP contribution < -0.4 is 19.8 Å². The maximum atomic E-state index is 13.3. The Morgan fingerprint density at radius 2 is 1.81 bits per heavy atom. The maximum Gasteiger partial charge on any atom is 0.282 e. The Morgan fingerprint density at radius 3 is 2.38 bits per heavy atom.